The van der Waals surface area contributed by atoms with E-state index < -0.39 is 0 Å². The number of ether oxygens (including phenoxy) is 1. The van der Waals surface area contributed by atoms with E-state index in [1.54, 1.807) is 6.20 Å². The fourth-order valence-corrected chi connectivity index (χ4v) is 1.95. The van der Waals surface area contributed by atoms with E-state index >= 15 is 0 Å². The van der Waals surface area contributed by atoms with E-state index in [0.29, 0.717) is 5.88 Å². The predicted molar refractivity (Wildman–Crippen MR) is 55.3 cm³/mol. The number of aromatic amines is 1. The highest BCUT2D eigenvalue weighted by Crippen LogP contribution is 2.32. The first kappa shape index (κ1) is 9.99. The number of alkyl halides is 1. The molecule has 0 aromatic carbocycles. The quantitative estimate of drug-likeness (QED) is 0.769. The molecule has 1 fully saturated rings. The minimum absolute atomic E-state index is 0.234. The van der Waals surface area contributed by atoms with Gasteiger partial charge in [0.1, 0.15) is 11.4 Å². The Bertz CT molecular complexity index is 305. The largest absolute Gasteiger partial charge is 0.367 e. The van der Waals surface area contributed by atoms with Crippen LogP contribution in [0.15, 0.2) is 6.20 Å². The van der Waals surface area contributed by atoms with Crippen LogP contribution in [0.4, 0.5) is 0 Å². The second-order valence-corrected chi connectivity index (χ2v) is 4.19. The summed E-state index contributed by atoms with van der Waals surface area (Å²) >= 11 is 5.71. The molecule has 1 unspecified atom stereocenters. The van der Waals surface area contributed by atoms with Gasteiger partial charge in [0.25, 0.3) is 0 Å². The van der Waals surface area contributed by atoms with Gasteiger partial charge in [-0.15, -0.1) is 11.6 Å². The molecule has 0 saturated carbocycles. The van der Waals surface area contributed by atoms with Gasteiger partial charge in [0.05, 0.1) is 5.88 Å². The highest BCUT2D eigenvalue weighted by Gasteiger charge is 2.32. The van der Waals surface area contributed by atoms with Gasteiger partial charge in [0.2, 0.25) is 0 Å². The molecule has 0 spiro atoms. The van der Waals surface area contributed by atoms with Crippen LogP contribution in [0.25, 0.3) is 0 Å². The monoisotopic (exact) mass is 214 g/mol. The summed E-state index contributed by atoms with van der Waals surface area (Å²) in [5.74, 6) is 1.39. The maximum absolute atomic E-state index is 5.77. The minimum Gasteiger partial charge on any atom is -0.367 e. The number of nitrogens with one attached hydrogen (secondary N) is 1. The van der Waals surface area contributed by atoms with E-state index in [1.165, 1.54) is 6.42 Å². The number of rotatable bonds is 2. The van der Waals surface area contributed by atoms with Gasteiger partial charge in [-0.1, -0.05) is 0 Å². The highest BCUT2D eigenvalue weighted by atomic mass is 35.5. The summed E-state index contributed by atoms with van der Waals surface area (Å²) in [7, 11) is 0. The molecule has 1 aliphatic rings. The Balaban J connectivity index is 2.19. The average molecular weight is 215 g/mol. The molecule has 0 radical (unpaired) electrons. The van der Waals surface area contributed by atoms with Crippen molar-refractivity contribution in [1.82, 2.24) is 9.97 Å². The van der Waals surface area contributed by atoms with Crippen LogP contribution in [0.5, 0.6) is 0 Å². The van der Waals surface area contributed by atoms with Gasteiger partial charge in [-0.2, -0.15) is 0 Å². The van der Waals surface area contributed by atoms with Crippen molar-refractivity contribution in [1.29, 1.82) is 0 Å². The van der Waals surface area contributed by atoms with Crippen molar-refractivity contribution in [2.75, 3.05) is 6.61 Å². The second kappa shape index (κ2) is 3.91. The lowest BCUT2D eigenvalue weighted by Gasteiger charge is -2.31. The summed E-state index contributed by atoms with van der Waals surface area (Å²) < 4.78 is 5.77. The summed E-state index contributed by atoms with van der Waals surface area (Å²) in [5, 5.41) is 0. The Hall–Kier alpha value is -0.540. The fourth-order valence-electron chi connectivity index (χ4n) is 1.82. The molecule has 3 nitrogen and oxygen atoms in total. The number of hydrogen-bond donors (Lipinski definition) is 1. The molecule has 1 aliphatic heterocycles. The number of aromatic nitrogens is 2. The summed E-state index contributed by atoms with van der Waals surface area (Å²) in [4.78, 5) is 7.52. The molecule has 1 aromatic heterocycles. The van der Waals surface area contributed by atoms with E-state index in [-0.39, 0.29) is 5.60 Å². The van der Waals surface area contributed by atoms with Gasteiger partial charge in [0, 0.05) is 18.5 Å². The van der Waals surface area contributed by atoms with Crippen LogP contribution in [0.1, 0.15) is 37.7 Å². The number of H-pyrrole nitrogens is 1. The van der Waals surface area contributed by atoms with Gasteiger partial charge in [-0.3, -0.25) is 0 Å². The molecule has 0 bridgehead atoms. The first-order chi connectivity index (χ1) is 6.74. The van der Waals surface area contributed by atoms with Crippen LogP contribution in [-0.2, 0) is 16.2 Å². The van der Waals surface area contributed by atoms with Crippen LogP contribution < -0.4 is 0 Å². The summed E-state index contributed by atoms with van der Waals surface area (Å²) in [6, 6.07) is 0. The summed E-state index contributed by atoms with van der Waals surface area (Å²) in [5.41, 5.74) is 0.722. The van der Waals surface area contributed by atoms with Crippen molar-refractivity contribution in [3.63, 3.8) is 0 Å². The van der Waals surface area contributed by atoms with Gasteiger partial charge >= 0.3 is 0 Å². The molecule has 4 heteroatoms. The van der Waals surface area contributed by atoms with E-state index in [9.17, 15) is 0 Å². The maximum Gasteiger partial charge on any atom is 0.138 e. The lowest BCUT2D eigenvalue weighted by atomic mass is 9.95. The minimum atomic E-state index is -0.234. The molecule has 78 valence electrons. The highest BCUT2D eigenvalue weighted by molar-refractivity contribution is 6.16. The van der Waals surface area contributed by atoms with Crippen molar-refractivity contribution in [2.45, 2.75) is 37.7 Å². The summed E-state index contributed by atoms with van der Waals surface area (Å²) in [6.45, 7) is 2.91. The smallest absolute Gasteiger partial charge is 0.138 e. The van der Waals surface area contributed by atoms with Crippen molar-refractivity contribution in [3.8, 4) is 0 Å². The van der Waals surface area contributed by atoms with E-state index in [0.717, 1.165) is 31.0 Å². The third-order valence-electron chi connectivity index (χ3n) is 2.74. The normalized spacial score (nSPS) is 27.9. The van der Waals surface area contributed by atoms with Crippen LogP contribution in [-0.4, -0.2) is 16.6 Å². The molecule has 0 aliphatic carbocycles. The van der Waals surface area contributed by atoms with Crippen LogP contribution >= 0.6 is 11.6 Å². The van der Waals surface area contributed by atoms with Gasteiger partial charge in [-0.05, 0) is 26.2 Å². The molecule has 2 rings (SSSR count). The molecule has 1 N–H and O–H groups in total. The number of hydrogen-bond acceptors (Lipinski definition) is 2. The van der Waals surface area contributed by atoms with Crippen molar-refractivity contribution in [2.24, 2.45) is 0 Å². The SMILES string of the molecule is CC1(c2ncc(CCl)[nH]2)CCCCO1. The number of nitrogens with zero attached hydrogens (tertiary/aromatic N) is 1. The first-order valence-electron chi connectivity index (χ1n) is 4.99. The molecule has 0 amide bonds. The third kappa shape index (κ3) is 1.79. The molecular weight excluding hydrogens is 200 g/mol. The lowest BCUT2D eigenvalue weighted by Crippen LogP contribution is -2.31. The molecular formula is C10H15ClN2O. The zero-order valence-electron chi connectivity index (χ0n) is 8.35. The lowest BCUT2D eigenvalue weighted by molar-refractivity contribution is -0.0755. The van der Waals surface area contributed by atoms with Crippen molar-refractivity contribution < 1.29 is 4.74 Å². The Morgan fingerprint density at radius 1 is 1.64 bits per heavy atom. The van der Waals surface area contributed by atoms with Crippen LogP contribution in [0.3, 0.4) is 0 Å². The zero-order chi connectivity index (χ0) is 10.0. The number of imidazole rings is 1. The van der Waals surface area contributed by atoms with Crippen LogP contribution in [0, 0.1) is 0 Å². The van der Waals surface area contributed by atoms with Crippen LogP contribution in [0.2, 0.25) is 0 Å². The van der Waals surface area contributed by atoms with Gasteiger partial charge in [0.15, 0.2) is 0 Å². The molecule has 2 heterocycles. The number of halogens is 1. The van der Waals surface area contributed by atoms with Crippen molar-refractivity contribution in [3.05, 3.63) is 17.7 Å². The first-order valence-corrected chi connectivity index (χ1v) is 5.52. The van der Waals surface area contributed by atoms with Crippen molar-refractivity contribution >= 4 is 11.6 Å². The van der Waals surface area contributed by atoms with E-state index in [4.69, 9.17) is 16.3 Å². The molecule has 1 aromatic rings. The predicted octanol–water partition coefficient (Wildman–Crippen LogP) is 2.56. The fraction of sp³-hybridized carbons (Fsp3) is 0.700. The Morgan fingerprint density at radius 3 is 3.07 bits per heavy atom. The molecule has 14 heavy (non-hydrogen) atoms. The molecule has 1 saturated heterocycles. The second-order valence-electron chi connectivity index (χ2n) is 3.93. The van der Waals surface area contributed by atoms with Gasteiger partial charge < -0.3 is 9.72 Å². The standard InChI is InChI=1S/C10H15ClN2O/c1-10(4-2-3-5-14-10)9-12-7-8(6-11)13-9/h7H,2-6H2,1H3,(H,12,13). The van der Waals surface area contributed by atoms with E-state index in [2.05, 4.69) is 16.9 Å². The third-order valence-corrected chi connectivity index (χ3v) is 3.03. The maximum atomic E-state index is 5.77. The molecule has 1 atom stereocenters. The Morgan fingerprint density at radius 2 is 2.50 bits per heavy atom. The zero-order valence-corrected chi connectivity index (χ0v) is 9.10. The Labute approximate surface area is 88.8 Å². The average Bonchev–Trinajstić information content (AvgIpc) is 2.67. The van der Waals surface area contributed by atoms with E-state index in [1.807, 2.05) is 0 Å². The van der Waals surface area contributed by atoms with Gasteiger partial charge in [-0.25, -0.2) is 4.98 Å². The Kier molecular flexibility index (Phi) is 2.79. The topological polar surface area (TPSA) is 37.9 Å². The summed E-state index contributed by atoms with van der Waals surface area (Å²) in [6.07, 6.45) is 5.17.